The molecule has 0 aliphatic carbocycles. The average molecular weight is 441 g/mol. The monoisotopic (exact) mass is 440 g/mol. The summed E-state index contributed by atoms with van der Waals surface area (Å²) < 4.78 is 0. The van der Waals surface area contributed by atoms with Crippen molar-refractivity contribution >= 4 is 23.6 Å². The quantitative estimate of drug-likeness (QED) is 0.134. The number of amides is 4. The maximum Gasteiger partial charge on any atom is 0.243 e. The molecule has 1 aromatic rings. The number of imidazole rings is 1. The number of carbonyl (C=O) groups excluding carboxylic acids is 4. The summed E-state index contributed by atoms with van der Waals surface area (Å²) >= 11 is 0. The third-order valence-corrected chi connectivity index (χ3v) is 4.50. The van der Waals surface area contributed by atoms with Crippen LogP contribution in [0.4, 0.5) is 0 Å². The van der Waals surface area contributed by atoms with Crippen molar-refractivity contribution in [3.63, 3.8) is 0 Å². The number of nitrogens with zero attached hydrogens (tertiary/aromatic N) is 1. The molecule has 0 bridgehead atoms. The molecule has 1 aromatic heterocycles. The van der Waals surface area contributed by atoms with Crippen molar-refractivity contribution in [3.8, 4) is 0 Å². The van der Waals surface area contributed by atoms with Crippen LogP contribution in [0.1, 0.15) is 31.9 Å². The summed E-state index contributed by atoms with van der Waals surface area (Å²) in [6, 6.07) is -4.20. The van der Waals surface area contributed by atoms with Crippen LogP contribution in [0.15, 0.2) is 12.5 Å². The van der Waals surface area contributed by atoms with Crippen LogP contribution in [0, 0.1) is 0 Å². The lowest BCUT2D eigenvalue weighted by Gasteiger charge is -2.23. The van der Waals surface area contributed by atoms with E-state index < -0.39 is 54.4 Å². The van der Waals surface area contributed by atoms with Crippen molar-refractivity contribution < 1.29 is 24.3 Å². The van der Waals surface area contributed by atoms with Crippen LogP contribution in [-0.2, 0) is 25.6 Å². The molecule has 0 aromatic carbocycles. The number of aromatic nitrogens is 2. The Morgan fingerprint density at radius 1 is 1.10 bits per heavy atom. The number of hydrogen-bond acceptors (Lipinski definition) is 8. The van der Waals surface area contributed by atoms with Crippen LogP contribution >= 0.6 is 0 Å². The van der Waals surface area contributed by atoms with E-state index in [-0.39, 0.29) is 6.42 Å². The van der Waals surface area contributed by atoms with Crippen LogP contribution in [0.3, 0.4) is 0 Å². The molecule has 0 saturated heterocycles. The lowest BCUT2D eigenvalue weighted by molar-refractivity contribution is -0.133. The van der Waals surface area contributed by atoms with Gasteiger partial charge in [0.1, 0.15) is 24.2 Å². The predicted molar refractivity (Wildman–Crippen MR) is 111 cm³/mol. The SMILES string of the molecule is C[C@H](NC(=O)[C@@H](N)CO)C(=O)N[C@@H](Cc1cnc[nH]1)C(=O)N[C@@H](CCCCN)C(N)=O. The highest BCUT2D eigenvalue weighted by molar-refractivity contribution is 5.94. The van der Waals surface area contributed by atoms with Gasteiger partial charge >= 0.3 is 0 Å². The van der Waals surface area contributed by atoms with Gasteiger partial charge in [0.15, 0.2) is 0 Å². The van der Waals surface area contributed by atoms with Gasteiger partial charge in [-0.1, -0.05) is 0 Å². The molecule has 11 N–H and O–H groups in total. The van der Waals surface area contributed by atoms with Gasteiger partial charge in [0.25, 0.3) is 0 Å². The fourth-order valence-corrected chi connectivity index (χ4v) is 2.64. The number of nitrogens with two attached hydrogens (primary N) is 3. The van der Waals surface area contributed by atoms with Crippen molar-refractivity contribution in [2.45, 2.75) is 56.8 Å². The zero-order valence-corrected chi connectivity index (χ0v) is 17.5. The third-order valence-electron chi connectivity index (χ3n) is 4.50. The molecule has 1 rings (SSSR count). The van der Waals surface area contributed by atoms with Gasteiger partial charge in [0, 0.05) is 18.3 Å². The van der Waals surface area contributed by atoms with Crippen molar-refractivity contribution in [2.75, 3.05) is 13.2 Å². The highest BCUT2D eigenvalue weighted by Crippen LogP contribution is 2.04. The zero-order chi connectivity index (χ0) is 23.4. The van der Waals surface area contributed by atoms with E-state index in [1.165, 1.54) is 19.4 Å². The molecule has 0 aliphatic heterocycles. The minimum absolute atomic E-state index is 0.0582. The van der Waals surface area contributed by atoms with Crippen LogP contribution in [-0.4, -0.2) is 76.0 Å². The highest BCUT2D eigenvalue weighted by Gasteiger charge is 2.28. The van der Waals surface area contributed by atoms with Gasteiger partial charge in [-0.2, -0.15) is 0 Å². The summed E-state index contributed by atoms with van der Waals surface area (Å²) in [4.78, 5) is 55.5. The molecule has 0 fully saturated rings. The Balaban J connectivity index is 2.85. The molecule has 31 heavy (non-hydrogen) atoms. The van der Waals surface area contributed by atoms with Crippen LogP contribution in [0.5, 0.6) is 0 Å². The van der Waals surface area contributed by atoms with E-state index in [4.69, 9.17) is 22.3 Å². The van der Waals surface area contributed by atoms with Crippen molar-refractivity contribution in [1.82, 2.24) is 25.9 Å². The van der Waals surface area contributed by atoms with Gasteiger partial charge < -0.3 is 43.2 Å². The molecule has 13 heteroatoms. The van der Waals surface area contributed by atoms with Gasteiger partial charge in [-0.3, -0.25) is 19.2 Å². The fourth-order valence-electron chi connectivity index (χ4n) is 2.64. The molecule has 0 radical (unpaired) electrons. The Morgan fingerprint density at radius 3 is 2.32 bits per heavy atom. The van der Waals surface area contributed by atoms with Crippen LogP contribution < -0.4 is 33.2 Å². The van der Waals surface area contributed by atoms with E-state index in [9.17, 15) is 19.2 Å². The molecule has 4 amide bonds. The third kappa shape index (κ3) is 9.11. The van der Waals surface area contributed by atoms with E-state index >= 15 is 0 Å². The summed E-state index contributed by atoms with van der Waals surface area (Å²) in [5, 5.41) is 16.4. The Kier molecular flexibility index (Phi) is 11.2. The second-order valence-corrected chi connectivity index (χ2v) is 7.11. The van der Waals surface area contributed by atoms with Gasteiger partial charge in [-0.15, -0.1) is 0 Å². The normalized spacial score (nSPS) is 14.7. The summed E-state index contributed by atoms with van der Waals surface area (Å²) in [5.74, 6) is -2.69. The zero-order valence-electron chi connectivity index (χ0n) is 17.5. The van der Waals surface area contributed by atoms with Crippen LogP contribution in [0.2, 0.25) is 0 Å². The summed E-state index contributed by atoms with van der Waals surface area (Å²) in [5.41, 5.74) is 16.8. The number of rotatable bonds is 14. The molecule has 0 saturated carbocycles. The Labute approximate surface area is 179 Å². The lowest BCUT2D eigenvalue weighted by Crippen LogP contribution is -2.57. The molecule has 0 spiro atoms. The fraction of sp³-hybridized carbons (Fsp3) is 0.611. The number of primary amides is 1. The van der Waals surface area contributed by atoms with E-state index in [0.717, 1.165) is 0 Å². The van der Waals surface area contributed by atoms with E-state index in [1.54, 1.807) is 0 Å². The molecular weight excluding hydrogens is 408 g/mol. The molecular formula is C18H32N8O5. The van der Waals surface area contributed by atoms with E-state index in [1.807, 2.05) is 0 Å². The maximum absolute atomic E-state index is 12.8. The van der Waals surface area contributed by atoms with E-state index in [0.29, 0.717) is 31.5 Å². The molecule has 4 atom stereocenters. The van der Waals surface area contributed by atoms with Crippen molar-refractivity contribution in [1.29, 1.82) is 0 Å². The average Bonchev–Trinajstić information content (AvgIpc) is 3.24. The van der Waals surface area contributed by atoms with Gasteiger partial charge in [0.2, 0.25) is 23.6 Å². The van der Waals surface area contributed by atoms with Crippen molar-refractivity contribution in [2.24, 2.45) is 17.2 Å². The largest absolute Gasteiger partial charge is 0.394 e. The van der Waals surface area contributed by atoms with E-state index in [2.05, 4.69) is 25.9 Å². The predicted octanol–water partition coefficient (Wildman–Crippen LogP) is -3.64. The topological polar surface area (TPSA) is 231 Å². The summed E-state index contributed by atoms with van der Waals surface area (Å²) in [6.45, 7) is 1.27. The van der Waals surface area contributed by atoms with Gasteiger partial charge in [0.05, 0.1) is 12.9 Å². The summed E-state index contributed by atoms with van der Waals surface area (Å²) in [7, 11) is 0. The Bertz CT molecular complexity index is 727. The molecule has 1 heterocycles. The Hall–Kier alpha value is -3.03. The number of unbranched alkanes of at least 4 members (excludes halogenated alkanes) is 1. The number of carbonyl (C=O) groups is 4. The number of aliphatic hydroxyl groups excluding tert-OH is 1. The first-order chi connectivity index (χ1) is 14.7. The molecule has 174 valence electrons. The smallest absolute Gasteiger partial charge is 0.243 e. The highest BCUT2D eigenvalue weighted by atomic mass is 16.3. The van der Waals surface area contributed by atoms with Gasteiger partial charge in [-0.05, 0) is 32.7 Å². The molecule has 13 nitrogen and oxygen atoms in total. The van der Waals surface area contributed by atoms with Gasteiger partial charge in [-0.25, -0.2) is 4.98 Å². The standard InChI is InChI=1S/C18H32N8O5/c1-10(24-17(30)12(20)8-27)16(29)26-14(6-11-7-22-9-23-11)18(31)25-13(15(21)28)4-2-3-5-19/h7,9-10,12-14,27H,2-6,8,19-20H2,1H3,(H2,21,28)(H,22,23)(H,24,30)(H,25,31)(H,26,29)/t10-,12-,13-,14-/m0/s1. The van der Waals surface area contributed by atoms with Crippen molar-refractivity contribution in [3.05, 3.63) is 18.2 Å². The first kappa shape index (κ1) is 26.0. The maximum atomic E-state index is 12.8. The number of H-pyrrole nitrogens is 1. The number of aliphatic hydroxyl groups is 1. The second-order valence-electron chi connectivity index (χ2n) is 7.11. The van der Waals surface area contributed by atoms with Crippen LogP contribution in [0.25, 0.3) is 0 Å². The number of hydrogen-bond donors (Lipinski definition) is 8. The minimum Gasteiger partial charge on any atom is -0.394 e. The first-order valence-electron chi connectivity index (χ1n) is 9.93. The molecule has 0 unspecified atom stereocenters. The summed E-state index contributed by atoms with van der Waals surface area (Å²) in [6.07, 6.45) is 4.55. The molecule has 0 aliphatic rings. The number of nitrogens with one attached hydrogen (secondary N) is 4. The minimum atomic E-state index is -1.18. The second kappa shape index (κ2) is 13.3. The first-order valence-corrected chi connectivity index (χ1v) is 9.93. The Morgan fingerprint density at radius 2 is 1.77 bits per heavy atom. The lowest BCUT2D eigenvalue weighted by atomic mass is 10.1. The number of aromatic amines is 1.